The predicted molar refractivity (Wildman–Crippen MR) is 132 cm³/mol. The lowest BCUT2D eigenvalue weighted by molar-refractivity contribution is -0.134. The molecular weight excluding hydrogens is 412 g/mol. The number of esters is 1. The summed E-state index contributed by atoms with van der Waals surface area (Å²) >= 11 is 0. The molecular formula is C29H28O4. The van der Waals surface area contributed by atoms with Gasteiger partial charge in [-0.25, -0.2) is 0 Å². The molecule has 0 saturated carbocycles. The summed E-state index contributed by atoms with van der Waals surface area (Å²) in [7, 11) is 0. The molecule has 3 rings (SSSR count). The topological polar surface area (TPSA) is 52.6 Å². The zero-order chi connectivity index (χ0) is 23.3. The molecule has 0 amide bonds. The van der Waals surface area contributed by atoms with Crippen molar-refractivity contribution in [3.63, 3.8) is 0 Å². The monoisotopic (exact) mass is 440 g/mol. The van der Waals surface area contributed by atoms with Crippen molar-refractivity contribution in [3.8, 4) is 5.75 Å². The average molecular weight is 441 g/mol. The van der Waals surface area contributed by atoms with Crippen LogP contribution in [0.3, 0.4) is 0 Å². The van der Waals surface area contributed by atoms with Gasteiger partial charge in [-0.05, 0) is 47.7 Å². The van der Waals surface area contributed by atoms with E-state index in [1.165, 1.54) is 6.08 Å². The Morgan fingerprint density at radius 2 is 1.52 bits per heavy atom. The molecule has 0 radical (unpaired) electrons. The average Bonchev–Trinajstić information content (AvgIpc) is 2.86. The highest BCUT2D eigenvalue weighted by molar-refractivity contribution is 6.06. The number of carbonyl (C=O) groups is 2. The Bertz CT molecular complexity index is 1060. The van der Waals surface area contributed by atoms with Crippen LogP contribution in [-0.2, 0) is 16.1 Å². The molecule has 0 aliphatic carbocycles. The molecule has 0 aliphatic heterocycles. The number of carbonyl (C=O) groups excluding carboxylic acids is 2. The minimum Gasteiger partial charge on any atom is -0.427 e. The number of benzene rings is 3. The van der Waals surface area contributed by atoms with Gasteiger partial charge in [-0.2, -0.15) is 0 Å². The molecule has 4 nitrogen and oxygen atoms in total. The lowest BCUT2D eigenvalue weighted by atomic mass is 10.1. The second-order valence-electron chi connectivity index (χ2n) is 7.56. The SMILES string of the molecule is C=Cc1ccc(COCCCCC(=O)Oc2ccc(C=CC(=O)c3ccccc3)cc2)cc1. The minimum atomic E-state index is -0.266. The highest BCUT2D eigenvalue weighted by Gasteiger charge is 2.05. The summed E-state index contributed by atoms with van der Waals surface area (Å²) in [4.78, 5) is 24.2. The first-order chi connectivity index (χ1) is 16.1. The fourth-order valence-corrected chi connectivity index (χ4v) is 3.11. The summed E-state index contributed by atoms with van der Waals surface area (Å²) in [6.45, 7) is 4.89. The summed E-state index contributed by atoms with van der Waals surface area (Å²) < 4.78 is 11.0. The highest BCUT2D eigenvalue weighted by Crippen LogP contribution is 2.15. The van der Waals surface area contributed by atoms with E-state index in [0.717, 1.165) is 23.1 Å². The molecule has 0 bridgehead atoms. The first-order valence-electron chi connectivity index (χ1n) is 11.0. The van der Waals surface area contributed by atoms with E-state index >= 15 is 0 Å². The van der Waals surface area contributed by atoms with E-state index in [0.29, 0.717) is 37.4 Å². The van der Waals surface area contributed by atoms with Crippen molar-refractivity contribution < 1.29 is 19.1 Å². The van der Waals surface area contributed by atoms with E-state index < -0.39 is 0 Å². The van der Waals surface area contributed by atoms with Crippen LogP contribution in [0, 0.1) is 0 Å². The Balaban J connectivity index is 1.32. The fraction of sp³-hybridized carbons (Fsp3) is 0.172. The smallest absolute Gasteiger partial charge is 0.311 e. The van der Waals surface area contributed by atoms with Crippen LogP contribution in [-0.4, -0.2) is 18.4 Å². The number of ether oxygens (including phenoxy) is 2. The van der Waals surface area contributed by atoms with Gasteiger partial charge in [0.25, 0.3) is 0 Å². The Hall–Kier alpha value is -3.76. The molecule has 0 saturated heterocycles. The molecule has 0 heterocycles. The molecule has 0 N–H and O–H groups in total. The van der Waals surface area contributed by atoms with E-state index in [1.807, 2.05) is 60.7 Å². The third-order valence-corrected chi connectivity index (χ3v) is 5.00. The molecule has 168 valence electrons. The van der Waals surface area contributed by atoms with E-state index in [4.69, 9.17) is 9.47 Å². The van der Waals surface area contributed by atoms with Gasteiger partial charge in [0.05, 0.1) is 6.61 Å². The van der Waals surface area contributed by atoms with Crippen LogP contribution in [0.5, 0.6) is 5.75 Å². The standard InChI is InChI=1S/C29H28O4/c1-2-23-11-13-25(14-12-23)22-32-21-7-6-10-29(31)33-27-18-15-24(16-19-27)17-20-28(30)26-8-4-3-5-9-26/h2-5,8-9,11-20H,1,6-7,10,21-22H2. The van der Waals surface area contributed by atoms with Crippen LogP contribution in [0.4, 0.5) is 0 Å². The van der Waals surface area contributed by atoms with Crippen molar-refractivity contribution in [1.82, 2.24) is 0 Å². The number of allylic oxidation sites excluding steroid dienone is 1. The summed E-state index contributed by atoms with van der Waals surface area (Å²) in [5, 5.41) is 0. The molecule has 0 unspecified atom stereocenters. The van der Waals surface area contributed by atoms with Crippen LogP contribution in [0.1, 0.15) is 46.3 Å². The van der Waals surface area contributed by atoms with E-state index in [2.05, 4.69) is 6.58 Å². The molecule has 0 fully saturated rings. The third kappa shape index (κ3) is 8.36. The van der Waals surface area contributed by atoms with E-state index in [9.17, 15) is 9.59 Å². The van der Waals surface area contributed by atoms with Gasteiger partial charge < -0.3 is 9.47 Å². The number of hydrogen-bond acceptors (Lipinski definition) is 4. The van der Waals surface area contributed by atoms with E-state index in [-0.39, 0.29) is 11.8 Å². The van der Waals surface area contributed by atoms with Crippen molar-refractivity contribution in [3.05, 3.63) is 114 Å². The minimum absolute atomic E-state index is 0.0549. The van der Waals surface area contributed by atoms with Crippen LogP contribution >= 0.6 is 0 Å². The second-order valence-corrected chi connectivity index (χ2v) is 7.56. The van der Waals surface area contributed by atoms with Gasteiger partial charge in [-0.1, -0.05) is 85.5 Å². The Labute approximate surface area is 195 Å². The van der Waals surface area contributed by atoms with Gasteiger partial charge in [0.1, 0.15) is 5.75 Å². The number of unbranched alkanes of at least 4 members (excludes halogenated alkanes) is 1. The zero-order valence-corrected chi connectivity index (χ0v) is 18.6. The fourth-order valence-electron chi connectivity index (χ4n) is 3.11. The van der Waals surface area contributed by atoms with Crippen molar-refractivity contribution in [1.29, 1.82) is 0 Å². The molecule has 3 aromatic carbocycles. The Morgan fingerprint density at radius 3 is 2.21 bits per heavy atom. The lowest BCUT2D eigenvalue weighted by Gasteiger charge is -2.06. The summed E-state index contributed by atoms with van der Waals surface area (Å²) in [6.07, 6.45) is 6.92. The molecule has 0 atom stereocenters. The number of ketones is 1. The summed E-state index contributed by atoms with van der Waals surface area (Å²) in [6, 6.07) is 24.3. The first kappa shape index (κ1) is 23.9. The van der Waals surface area contributed by atoms with Crippen LogP contribution < -0.4 is 4.74 Å². The number of rotatable bonds is 12. The van der Waals surface area contributed by atoms with Crippen LogP contribution in [0.25, 0.3) is 12.2 Å². The second kappa shape index (κ2) is 12.9. The van der Waals surface area contributed by atoms with Gasteiger partial charge in [0.2, 0.25) is 0 Å². The molecule has 3 aromatic rings. The largest absolute Gasteiger partial charge is 0.427 e. The molecule has 33 heavy (non-hydrogen) atoms. The summed E-state index contributed by atoms with van der Waals surface area (Å²) in [5.74, 6) is 0.170. The summed E-state index contributed by atoms with van der Waals surface area (Å²) in [5.41, 5.74) is 3.70. The van der Waals surface area contributed by atoms with Gasteiger partial charge in [-0.3, -0.25) is 9.59 Å². The quantitative estimate of drug-likeness (QED) is 0.106. The van der Waals surface area contributed by atoms with Gasteiger partial charge in [0, 0.05) is 18.6 Å². The van der Waals surface area contributed by atoms with Gasteiger partial charge in [0.15, 0.2) is 5.78 Å². The van der Waals surface area contributed by atoms with Crippen molar-refractivity contribution in [2.45, 2.75) is 25.9 Å². The Kier molecular flexibility index (Phi) is 9.37. The van der Waals surface area contributed by atoms with Crippen LogP contribution in [0.2, 0.25) is 0 Å². The highest BCUT2D eigenvalue weighted by atomic mass is 16.5. The molecule has 0 spiro atoms. The molecule has 4 heteroatoms. The van der Waals surface area contributed by atoms with Crippen molar-refractivity contribution in [2.24, 2.45) is 0 Å². The molecule has 0 aliphatic rings. The normalized spacial score (nSPS) is 10.8. The van der Waals surface area contributed by atoms with Gasteiger partial charge in [-0.15, -0.1) is 0 Å². The maximum Gasteiger partial charge on any atom is 0.311 e. The van der Waals surface area contributed by atoms with E-state index in [1.54, 1.807) is 30.3 Å². The third-order valence-electron chi connectivity index (χ3n) is 5.00. The lowest BCUT2D eigenvalue weighted by Crippen LogP contribution is -2.08. The Morgan fingerprint density at radius 1 is 0.818 bits per heavy atom. The maximum absolute atomic E-state index is 12.1. The molecule has 0 aromatic heterocycles. The van der Waals surface area contributed by atoms with Crippen molar-refractivity contribution in [2.75, 3.05) is 6.61 Å². The zero-order valence-electron chi connectivity index (χ0n) is 18.6. The van der Waals surface area contributed by atoms with Gasteiger partial charge >= 0.3 is 5.97 Å². The van der Waals surface area contributed by atoms with Crippen molar-refractivity contribution >= 4 is 23.9 Å². The first-order valence-corrected chi connectivity index (χ1v) is 11.0. The maximum atomic E-state index is 12.1. The predicted octanol–water partition coefficient (Wildman–Crippen LogP) is 6.52. The number of hydrogen-bond donors (Lipinski definition) is 0. The van der Waals surface area contributed by atoms with Crippen LogP contribution in [0.15, 0.2) is 91.5 Å².